The normalized spacial score (nSPS) is 13.2. The summed E-state index contributed by atoms with van der Waals surface area (Å²) >= 11 is 1.41. The van der Waals surface area contributed by atoms with E-state index in [4.69, 9.17) is 14.6 Å². The Morgan fingerprint density at radius 1 is 1.20 bits per heavy atom. The van der Waals surface area contributed by atoms with Crippen molar-refractivity contribution in [3.63, 3.8) is 0 Å². The van der Waals surface area contributed by atoms with Crippen molar-refractivity contribution in [3.8, 4) is 27.8 Å². The molecule has 9 heteroatoms. The van der Waals surface area contributed by atoms with E-state index in [1.54, 1.807) is 6.07 Å². The fraction of sp³-hybridized carbons (Fsp3) is 0.125. The molecule has 4 rings (SSSR count). The van der Waals surface area contributed by atoms with Crippen LogP contribution in [0, 0.1) is 0 Å². The largest absolute Gasteiger partial charge is 0.501 e. The summed E-state index contributed by atoms with van der Waals surface area (Å²) in [5.74, 6) is -1.32. The van der Waals surface area contributed by atoms with Gasteiger partial charge in [-0.15, -0.1) is 11.3 Å². The van der Waals surface area contributed by atoms with Gasteiger partial charge in [0.2, 0.25) is 6.79 Å². The molecular formula is C16H9F2NO5S. The molecule has 3 aromatic rings. The smallest absolute Gasteiger partial charge is 0.474 e. The fourth-order valence-corrected chi connectivity index (χ4v) is 3.28. The molecule has 0 saturated heterocycles. The van der Waals surface area contributed by atoms with Crippen LogP contribution >= 0.6 is 11.3 Å². The van der Waals surface area contributed by atoms with Crippen molar-refractivity contribution in [2.24, 2.45) is 0 Å². The quantitative estimate of drug-likeness (QED) is 0.759. The van der Waals surface area contributed by atoms with Gasteiger partial charge in [0.05, 0.1) is 10.2 Å². The molecule has 128 valence electrons. The van der Waals surface area contributed by atoms with Gasteiger partial charge in [0, 0.05) is 17.7 Å². The summed E-state index contributed by atoms with van der Waals surface area (Å²) < 4.78 is 41.8. The molecule has 1 aliphatic rings. The Kier molecular flexibility index (Phi) is 3.46. The number of benzene rings is 2. The Hall–Kier alpha value is -2.94. The molecule has 0 amide bonds. The van der Waals surface area contributed by atoms with Gasteiger partial charge in [0.25, 0.3) is 0 Å². The molecule has 6 nitrogen and oxygen atoms in total. The average molecular weight is 365 g/mol. The number of nitrogens with zero attached hydrogens (tertiary/aromatic N) is 1. The first-order valence-electron chi connectivity index (χ1n) is 7.03. The lowest BCUT2D eigenvalue weighted by atomic mass is 10.2. The summed E-state index contributed by atoms with van der Waals surface area (Å²) in [4.78, 5) is 14.9. The van der Waals surface area contributed by atoms with Crippen molar-refractivity contribution in [2.75, 3.05) is 6.79 Å². The number of hydrogen-bond acceptors (Lipinski definition) is 6. The maximum atomic E-state index is 13.1. The molecule has 0 saturated carbocycles. The predicted octanol–water partition coefficient (Wildman–Crippen LogP) is 3.75. The van der Waals surface area contributed by atoms with E-state index < -0.39 is 12.1 Å². The van der Waals surface area contributed by atoms with Gasteiger partial charge in [0.15, 0.2) is 11.5 Å². The Labute approximate surface area is 143 Å². The molecule has 2 aromatic carbocycles. The Bertz CT molecular complexity index is 930. The third-order valence-electron chi connectivity index (χ3n) is 3.48. The molecule has 0 spiro atoms. The van der Waals surface area contributed by atoms with Gasteiger partial charge in [-0.05, 0) is 24.3 Å². The molecule has 0 unspecified atom stereocenters. The molecule has 0 fully saturated rings. The number of alkyl halides is 2. The van der Waals surface area contributed by atoms with Crippen LogP contribution < -0.4 is 14.2 Å². The zero-order chi connectivity index (χ0) is 17.6. The minimum absolute atomic E-state index is 0.182. The minimum Gasteiger partial charge on any atom is -0.474 e. The van der Waals surface area contributed by atoms with Gasteiger partial charge in [-0.3, -0.25) is 0 Å². The van der Waals surface area contributed by atoms with Crippen LogP contribution in [0.3, 0.4) is 0 Å². The SMILES string of the molecule is O=C(O)C(F)(F)Oc1ccc(-c2nc3cc4c(cc3s2)OCO4)cc1. The summed E-state index contributed by atoms with van der Waals surface area (Å²) in [7, 11) is 0. The molecule has 25 heavy (non-hydrogen) atoms. The van der Waals surface area contributed by atoms with Crippen LogP contribution in [0.1, 0.15) is 0 Å². The standard InChI is InChI=1S/C16H9F2NO5S/c17-16(18,15(20)21)24-9-3-1-8(2-4-9)14-19-10-5-11-12(23-7-22-11)6-13(10)25-14/h1-6H,7H2,(H,20,21). The van der Waals surface area contributed by atoms with Crippen LogP contribution in [0.4, 0.5) is 8.78 Å². The molecule has 0 aliphatic carbocycles. The van der Waals surface area contributed by atoms with E-state index >= 15 is 0 Å². The van der Waals surface area contributed by atoms with E-state index in [1.165, 1.54) is 35.6 Å². The number of fused-ring (bicyclic) bond motifs is 2. The highest BCUT2D eigenvalue weighted by Crippen LogP contribution is 2.40. The first-order chi connectivity index (χ1) is 11.9. The Morgan fingerprint density at radius 3 is 2.56 bits per heavy atom. The van der Waals surface area contributed by atoms with Gasteiger partial charge < -0.3 is 19.3 Å². The molecule has 1 aliphatic heterocycles. The number of ether oxygens (including phenoxy) is 3. The maximum absolute atomic E-state index is 13.1. The number of hydrogen-bond donors (Lipinski definition) is 1. The van der Waals surface area contributed by atoms with E-state index in [-0.39, 0.29) is 12.5 Å². The lowest BCUT2D eigenvalue weighted by molar-refractivity contribution is -0.210. The van der Waals surface area contributed by atoms with Crippen LogP contribution in [0.15, 0.2) is 36.4 Å². The van der Waals surface area contributed by atoms with E-state index in [2.05, 4.69) is 9.72 Å². The minimum atomic E-state index is -4.28. The van der Waals surface area contributed by atoms with Crippen molar-refractivity contribution < 1.29 is 32.9 Å². The van der Waals surface area contributed by atoms with Crippen LogP contribution in [-0.4, -0.2) is 29.0 Å². The van der Waals surface area contributed by atoms with E-state index in [9.17, 15) is 13.6 Å². The average Bonchev–Trinajstić information content (AvgIpc) is 3.18. The second-order valence-corrected chi connectivity index (χ2v) is 6.17. The number of carboxylic acids is 1. The second-order valence-electron chi connectivity index (χ2n) is 5.14. The molecular weight excluding hydrogens is 356 g/mol. The molecule has 0 atom stereocenters. The monoisotopic (exact) mass is 365 g/mol. The Balaban J connectivity index is 1.62. The first-order valence-corrected chi connectivity index (χ1v) is 7.85. The van der Waals surface area contributed by atoms with Gasteiger partial charge in [-0.25, -0.2) is 9.78 Å². The lowest BCUT2D eigenvalue weighted by Crippen LogP contribution is -2.34. The van der Waals surface area contributed by atoms with Crippen LogP contribution in [0.25, 0.3) is 20.8 Å². The fourth-order valence-electron chi connectivity index (χ4n) is 2.30. The van der Waals surface area contributed by atoms with Gasteiger partial charge in [-0.2, -0.15) is 8.78 Å². The molecule has 0 bridgehead atoms. The number of rotatable bonds is 4. The highest BCUT2D eigenvalue weighted by atomic mass is 32.1. The van der Waals surface area contributed by atoms with E-state index in [0.717, 1.165) is 10.2 Å². The van der Waals surface area contributed by atoms with Gasteiger partial charge >= 0.3 is 12.1 Å². The topological polar surface area (TPSA) is 77.9 Å². The predicted molar refractivity (Wildman–Crippen MR) is 84.4 cm³/mol. The third-order valence-corrected chi connectivity index (χ3v) is 4.55. The number of aliphatic carboxylic acids is 1. The molecule has 0 radical (unpaired) electrons. The third kappa shape index (κ3) is 2.82. The van der Waals surface area contributed by atoms with Gasteiger partial charge in [0.1, 0.15) is 10.8 Å². The zero-order valence-electron chi connectivity index (χ0n) is 12.4. The lowest BCUT2D eigenvalue weighted by Gasteiger charge is -2.13. The zero-order valence-corrected chi connectivity index (χ0v) is 13.2. The van der Waals surface area contributed by atoms with E-state index in [0.29, 0.717) is 22.1 Å². The van der Waals surface area contributed by atoms with Crippen LogP contribution in [0.2, 0.25) is 0 Å². The second kappa shape index (κ2) is 5.55. The molecule has 1 aromatic heterocycles. The van der Waals surface area contributed by atoms with Crippen molar-refractivity contribution in [1.82, 2.24) is 4.98 Å². The van der Waals surface area contributed by atoms with Crippen molar-refractivity contribution in [2.45, 2.75) is 6.11 Å². The number of carboxylic acid groups (broad SMARTS) is 1. The molecule has 1 N–H and O–H groups in total. The number of thiazole rings is 1. The van der Waals surface area contributed by atoms with Crippen molar-refractivity contribution >= 4 is 27.5 Å². The first kappa shape index (κ1) is 15.6. The molecule has 2 heterocycles. The maximum Gasteiger partial charge on any atom is 0.501 e. The van der Waals surface area contributed by atoms with Crippen LogP contribution in [-0.2, 0) is 4.79 Å². The highest BCUT2D eigenvalue weighted by molar-refractivity contribution is 7.21. The number of carbonyl (C=O) groups is 1. The van der Waals surface area contributed by atoms with Crippen molar-refractivity contribution in [3.05, 3.63) is 36.4 Å². The summed E-state index contributed by atoms with van der Waals surface area (Å²) in [5, 5.41) is 9.06. The highest BCUT2D eigenvalue weighted by Gasteiger charge is 2.42. The summed E-state index contributed by atoms with van der Waals surface area (Å²) in [5.41, 5.74) is 1.43. The van der Waals surface area contributed by atoms with Crippen molar-refractivity contribution in [1.29, 1.82) is 0 Å². The summed E-state index contributed by atoms with van der Waals surface area (Å²) in [6, 6.07) is 9.22. The summed E-state index contributed by atoms with van der Waals surface area (Å²) in [6.45, 7) is 0.182. The van der Waals surface area contributed by atoms with Gasteiger partial charge in [-0.1, -0.05) is 0 Å². The number of aromatic nitrogens is 1. The van der Waals surface area contributed by atoms with E-state index in [1.807, 2.05) is 6.07 Å². The van der Waals surface area contributed by atoms with Crippen LogP contribution in [0.5, 0.6) is 17.2 Å². The number of halogens is 2. The Morgan fingerprint density at radius 2 is 1.88 bits per heavy atom. The summed E-state index contributed by atoms with van der Waals surface area (Å²) in [6.07, 6.45) is -4.28.